The van der Waals surface area contributed by atoms with Crippen molar-refractivity contribution in [2.24, 2.45) is 0 Å². The summed E-state index contributed by atoms with van der Waals surface area (Å²) in [5, 5.41) is 10.7. The van der Waals surface area contributed by atoms with Crippen LogP contribution in [0.2, 0.25) is 0 Å². The third-order valence-corrected chi connectivity index (χ3v) is 3.57. The van der Waals surface area contributed by atoms with Gasteiger partial charge in [0.2, 0.25) is 0 Å². The van der Waals surface area contributed by atoms with Gasteiger partial charge in [0.15, 0.2) is 0 Å². The van der Waals surface area contributed by atoms with Gasteiger partial charge in [-0.2, -0.15) is 26.6 Å². The van der Waals surface area contributed by atoms with Crippen LogP contribution in [0.5, 0.6) is 6.01 Å². The maximum Gasteiger partial charge on any atom is 0.534 e. The SMILES string of the molecule is O=C([O-])N1CCc2nc(OS(=O)(=O)C(F)(F)F)ncc2C1. The topological polar surface area (TPSA) is 113 Å². The fourth-order valence-electron chi connectivity index (χ4n) is 1.64. The van der Waals surface area contributed by atoms with Gasteiger partial charge in [0.05, 0.1) is 5.69 Å². The molecule has 0 bridgehead atoms. The van der Waals surface area contributed by atoms with Gasteiger partial charge in [-0.05, 0) is 0 Å². The van der Waals surface area contributed by atoms with Crippen molar-refractivity contribution in [2.75, 3.05) is 6.54 Å². The first kappa shape index (κ1) is 15.3. The normalized spacial score (nSPS) is 15.5. The van der Waals surface area contributed by atoms with Crippen molar-refractivity contribution in [3.8, 4) is 6.01 Å². The number of carbonyl (C=O) groups excluding carboxylic acids is 1. The second kappa shape index (κ2) is 5.02. The number of fused-ring (bicyclic) bond motifs is 1. The molecule has 0 atom stereocenters. The molecule has 0 spiro atoms. The maximum atomic E-state index is 12.2. The van der Waals surface area contributed by atoms with Crippen molar-refractivity contribution in [3.63, 3.8) is 0 Å². The molecule has 2 rings (SSSR count). The van der Waals surface area contributed by atoms with Crippen LogP contribution in [-0.4, -0.2) is 41.4 Å². The lowest BCUT2D eigenvalue weighted by molar-refractivity contribution is -0.266. The molecular formula is C9H7F3N3O5S-. The molecule has 0 aromatic carbocycles. The molecule has 0 radical (unpaired) electrons. The predicted octanol–water partition coefficient (Wildman–Crippen LogP) is -0.594. The lowest BCUT2D eigenvalue weighted by Crippen LogP contribution is -2.44. The molecule has 0 N–H and O–H groups in total. The number of aromatic nitrogens is 2. The van der Waals surface area contributed by atoms with Crippen LogP contribution < -0.4 is 9.29 Å². The van der Waals surface area contributed by atoms with Crippen LogP contribution in [0.15, 0.2) is 6.20 Å². The Morgan fingerprint density at radius 2 is 2.10 bits per heavy atom. The Balaban J connectivity index is 2.22. The van der Waals surface area contributed by atoms with Gasteiger partial charge in [-0.15, -0.1) is 0 Å². The van der Waals surface area contributed by atoms with Crippen LogP contribution >= 0.6 is 0 Å². The van der Waals surface area contributed by atoms with Gasteiger partial charge in [-0.25, -0.2) is 4.98 Å². The first-order valence-electron chi connectivity index (χ1n) is 5.41. The third-order valence-electron chi connectivity index (χ3n) is 2.64. The van der Waals surface area contributed by atoms with Crippen LogP contribution in [0, 0.1) is 0 Å². The zero-order valence-corrected chi connectivity index (χ0v) is 10.9. The highest BCUT2D eigenvalue weighted by atomic mass is 32.2. The van der Waals surface area contributed by atoms with E-state index in [0.717, 1.165) is 11.1 Å². The van der Waals surface area contributed by atoms with Crippen molar-refractivity contribution in [2.45, 2.75) is 18.5 Å². The van der Waals surface area contributed by atoms with E-state index in [4.69, 9.17) is 0 Å². The Labute approximate surface area is 116 Å². The zero-order chi connectivity index (χ0) is 15.8. The van der Waals surface area contributed by atoms with E-state index in [1.54, 1.807) is 0 Å². The second-order valence-corrected chi connectivity index (χ2v) is 5.58. The van der Waals surface area contributed by atoms with E-state index in [1.807, 2.05) is 0 Å². The fourth-order valence-corrected chi connectivity index (χ4v) is 2.01. The van der Waals surface area contributed by atoms with Crippen molar-refractivity contribution in [1.29, 1.82) is 0 Å². The van der Waals surface area contributed by atoms with E-state index in [0.29, 0.717) is 5.56 Å². The minimum atomic E-state index is -5.84. The van der Waals surface area contributed by atoms with Crippen molar-refractivity contribution >= 4 is 16.2 Å². The number of nitrogens with zero attached hydrogens (tertiary/aromatic N) is 3. The van der Waals surface area contributed by atoms with E-state index in [-0.39, 0.29) is 25.2 Å². The van der Waals surface area contributed by atoms with Gasteiger partial charge < -0.3 is 19.0 Å². The largest absolute Gasteiger partial charge is 0.534 e. The van der Waals surface area contributed by atoms with E-state index in [1.165, 1.54) is 0 Å². The van der Waals surface area contributed by atoms with Crippen molar-refractivity contribution in [3.05, 3.63) is 17.5 Å². The van der Waals surface area contributed by atoms with Gasteiger partial charge >= 0.3 is 21.6 Å². The first-order valence-corrected chi connectivity index (χ1v) is 6.82. The number of hydrogen-bond donors (Lipinski definition) is 0. The molecule has 1 aromatic heterocycles. The minimum Gasteiger partial charge on any atom is -0.530 e. The molecule has 1 aromatic rings. The summed E-state index contributed by atoms with van der Waals surface area (Å²) in [6.45, 7) is -0.0677. The minimum absolute atomic E-state index is 0.0256. The van der Waals surface area contributed by atoms with Gasteiger partial charge in [0.25, 0.3) is 0 Å². The standard InChI is InChI=1S/C9H8F3N3O5S/c10-9(11,12)21(18,19)20-7-13-3-5-4-15(8(16)17)2-1-6(5)14-7/h3H,1-2,4H2,(H,16,17)/p-1. The molecule has 8 nitrogen and oxygen atoms in total. The molecule has 21 heavy (non-hydrogen) atoms. The van der Waals surface area contributed by atoms with Gasteiger partial charge in [0.1, 0.15) is 6.09 Å². The maximum absolute atomic E-state index is 12.2. The number of amides is 1. The highest BCUT2D eigenvalue weighted by Crippen LogP contribution is 2.26. The lowest BCUT2D eigenvalue weighted by Gasteiger charge is -2.29. The Bertz CT molecular complexity index is 676. The molecular weight excluding hydrogens is 319 g/mol. The summed E-state index contributed by atoms with van der Waals surface area (Å²) < 4.78 is 61.9. The third kappa shape index (κ3) is 3.15. The summed E-state index contributed by atoms with van der Waals surface area (Å²) in [7, 11) is -5.84. The van der Waals surface area contributed by atoms with E-state index >= 15 is 0 Å². The summed E-state index contributed by atoms with van der Waals surface area (Å²) in [6, 6.07) is -0.965. The molecule has 0 saturated heterocycles. The van der Waals surface area contributed by atoms with Crippen LogP contribution in [0.1, 0.15) is 11.3 Å². The number of carboxylic acid groups (broad SMARTS) is 1. The first-order chi connectivity index (χ1) is 9.60. The Morgan fingerprint density at radius 1 is 1.43 bits per heavy atom. The molecule has 1 amide bonds. The molecule has 0 fully saturated rings. The number of carbonyl (C=O) groups is 1. The summed E-state index contributed by atoms with van der Waals surface area (Å²) in [5.41, 5.74) is -5.03. The molecule has 0 aliphatic carbocycles. The lowest BCUT2D eigenvalue weighted by atomic mass is 10.1. The van der Waals surface area contributed by atoms with E-state index in [9.17, 15) is 31.5 Å². The summed E-state index contributed by atoms with van der Waals surface area (Å²) in [4.78, 5) is 18.5. The summed E-state index contributed by atoms with van der Waals surface area (Å²) in [6.07, 6.45) is -0.312. The Morgan fingerprint density at radius 3 is 2.67 bits per heavy atom. The number of halogens is 3. The molecule has 0 unspecified atom stereocenters. The van der Waals surface area contributed by atoms with Gasteiger partial charge in [0, 0.05) is 31.3 Å². The quantitative estimate of drug-likeness (QED) is 0.527. The van der Waals surface area contributed by atoms with E-state index in [2.05, 4.69) is 14.2 Å². The zero-order valence-electron chi connectivity index (χ0n) is 10.1. The van der Waals surface area contributed by atoms with E-state index < -0.39 is 27.7 Å². The molecule has 0 saturated carbocycles. The van der Waals surface area contributed by atoms with Crippen molar-refractivity contribution < 1.29 is 35.7 Å². The molecule has 2 heterocycles. The molecule has 1 aliphatic rings. The molecule has 12 heteroatoms. The van der Waals surface area contributed by atoms with Crippen LogP contribution in [0.4, 0.5) is 18.0 Å². The molecule has 116 valence electrons. The van der Waals surface area contributed by atoms with Crippen LogP contribution in [-0.2, 0) is 23.1 Å². The second-order valence-electron chi connectivity index (χ2n) is 4.05. The number of rotatable bonds is 2. The molecule has 1 aliphatic heterocycles. The smallest absolute Gasteiger partial charge is 0.530 e. The average Bonchev–Trinajstić information content (AvgIpc) is 2.36. The summed E-state index contributed by atoms with van der Waals surface area (Å²) >= 11 is 0. The monoisotopic (exact) mass is 326 g/mol. The van der Waals surface area contributed by atoms with Crippen molar-refractivity contribution in [1.82, 2.24) is 14.9 Å². The fraction of sp³-hybridized carbons (Fsp3) is 0.444. The highest BCUT2D eigenvalue weighted by molar-refractivity contribution is 7.87. The van der Waals surface area contributed by atoms with Gasteiger partial charge in [-0.3, -0.25) is 0 Å². The number of hydrogen-bond acceptors (Lipinski definition) is 7. The highest BCUT2D eigenvalue weighted by Gasteiger charge is 2.49. The average molecular weight is 326 g/mol. The predicted molar refractivity (Wildman–Crippen MR) is 57.1 cm³/mol. The summed E-state index contributed by atoms with van der Waals surface area (Å²) in [5.74, 6) is 0. The van der Waals surface area contributed by atoms with Crippen LogP contribution in [0.25, 0.3) is 0 Å². The number of alkyl halides is 3. The van der Waals surface area contributed by atoms with Crippen LogP contribution in [0.3, 0.4) is 0 Å². The Hall–Kier alpha value is -2.11. The van der Waals surface area contributed by atoms with Gasteiger partial charge in [-0.1, -0.05) is 0 Å². The Kier molecular flexibility index (Phi) is 3.65.